The van der Waals surface area contributed by atoms with E-state index in [1.54, 1.807) is 0 Å². The Balaban J connectivity index is 1.72. The van der Waals surface area contributed by atoms with Gasteiger partial charge in [0.25, 0.3) is 5.89 Å². The monoisotopic (exact) mass is 250 g/mol. The van der Waals surface area contributed by atoms with E-state index in [1.165, 1.54) is 25.0 Å². The molecular weight excluding hydrogens is 240 g/mol. The summed E-state index contributed by atoms with van der Waals surface area (Å²) in [6.45, 7) is 0.500. The Hall–Kier alpha value is -2.22. The predicted octanol–water partition coefficient (Wildman–Crippen LogP) is 1.49. The summed E-state index contributed by atoms with van der Waals surface area (Å²) < 4.78 is 10.3. The highest BCUT2D eigenvalue weighted by Gasteiger charge is 2.22. The number of hydrogen-bond acceptors (Lipinski definition) is 7. The largest absolute Gasteiger partial charge is 0.433 e. The number of nitrogens with one attached hydrogen (secondary N) is 1. The second kappa shape index (κ2) is 4.22. The van der Waals surface area contributed by atoms with Crippen LogP contribution in [-0.4, -0.2) is 21.2 Å². The van der Waals surface area contributed by atoms with Gasteiger partial charge < -0.3 is 14.2 Å². The summed E-state index contributed by atoms with van der Waals surface area (Å²) >= 11 is 0. The molecule has 0 saturated heterocycles. The van der Waals surface area contributed by atoms with Crippen molar-refractivity contribution >= 4 is 5.88 Å². The Bertz CT molecular complexity index is 572. The summed E-state index contributed by atoms with van der Waals surface area (Å²) in [5.74, 6) is 0.444. The minimum Gasteiger partial charge on any atom is -0.417 e. The molecule has 2 heterocycles. The molecule has 0 radical (unpaired) electrons. The molecule has 0 aliphatic heterocycles. The first kappa shape index (κ1) is 10.9. The highest BCUT2D eigenvalue weighted by molar-refractivity contribution is 5.45. The van der Waals surface area contributed by atoms with E-state index >= 15 is 0 Å². The Morgan fingerprint density at radius 2 is 2.22 bits per heavy atom. The van der Waals surface area contributed by atoms with Crippen LogP contribution in [0.4, 0.5) is 5.88 Å². The molecule has 2 aromatic rings. The lowest BCUT2D eigenvalue weighted by atomic mass is 10.4. The van der Waals surface area contributed by atoms with Crippen LogP contribution >= 0.6 is 0 Å². The molecule has 0 spiro atoms. The molecule has 2 aromatic heterocycles. The second-order valence-electron chi connectivity index (χ2n) is 4.05. The third kappa shape index (κ3) is 2.23. The van der Waals surface area contributed by atoms with Crippen LogP contribution in [0.5, 0.6) is 0 Å². The average Bonchev–Trinajstić information content (AvgIpc) is 2.88. The van der Waals surface area contributed by atoms with Crippen LogP contribution in [0.3, 0.4) is 0 Å². The van der Waals surface area contributed by atoms with Crippen molar-refractivity contribution in [1.82, 2.24) is 15.5 Å². The van der Waals surface area contributed by atoms with Crippen molar-refractivity contribution in [3.05, 3.63) is 28.1 Å². The van der Waals surface area contributed by atoms with E-state index in [9.17, 15) is 10.1 Å². The minimum absolute atomic E-state index is 0.149. The molecule has 8 nitrogen and oxygen atoms in total. The Labute approximate surface area is 101 Å². The number of hydrogen-bond donors (Lipinski definition) is 1. The third-order valence-corrected chi connectivity index (χ3v) is 2.57. The zero-order chi connectivity index (χ0) is 12.5. The highest BCUT2D eigenvalue weighted by atomic mass is 16.6. The van der Waals surface area contributed by atoms with Crippen LogP contribution in [0.15, 0.2) is 21.0 Å². The summed E-state index contributed by atoms with van der Waals surface area (Å²) in [5, 5.41) is 21.3. The van der Waals surface area contributed by atoms with Gasteiger partial charge in [0, 0.05) is 6.04 Å². The molecular formula is C10H10N4O4. The zero-order valence-corrected chi connectivity index (χ0v) is 9.33. The average molecular weight is 250 g/mol. The van der Waals surface area contributed by atoms with Crippen molar-refractivity contribution in [2.75, 3.05) is 0 Å². The molecule has 1 aliphatic carbocycles. The number of nitrogens with zero attached hydrogens (tertiary/aromatic N) is 3. The van der Waals surface area contributed by atoms with E-state index in [0.29, 0.717) is 18.5 Å². The minimum atomic E-state index is -0.616. The van der Waals surface area contributed by atoms with Gasteiger partial charge in [-0.25, -0.2) is 0 Å². The molecule has 1 N–H and O–H groups in total. The molecule has 0 aromatic carbocycles. The molecule has 0 unspecified atom stereocenters. The lowest BCUT2D eigenvalue weighted by molar-refractivity contribution is -0.401. The van der Waals surface area contributed by atoms with E-state index in [-0.39, 0.29) is 17.5 Å². The maximum atomic E-state index is 10.5. The number of furan rings is 1. The van der Waals surface area contributed by atoms with Crippen molar-refractivity contribution in [3.8, 4) is 11.7 Å². The van der Waals surface area contributed by atoms with Crippen LogP contribution < -0.4 is 5.32 Å². The molecule has 1 aliphatic rings. The molecule has 0 atom stereocenters. The van der Waals surface area contributed by atoms with Crippen LogP contribution in [-0.2, 0) is 6.54 Å². The number of rotatable bonds is 5. The van der Waals surface area contributed by atoms with Crippen LogP contribution in [0.2, 0.25) is 0 Å². The van der Waals surface area contributed by atoms with Crippen LogP contribution in [0.25, 0.3) is 11.7 Å². The van der Waals surface area contributed by atoms with E-state index in [2.05, 4.69) is 15.5 Å². The third-order valence-electron chi connectivity index (χ3n) is 2.57. The standard InChI is InChI=1S/C10H10N4O4/c15-14(16)9-4-3-7(17-9)10-13-12-8(18-10)5-11-6-1-2-6/h3-4,6,11H,1-2,5H2. The number of aromatic nitrogens is 2. The molecule has 0 amide bonds. The summed E-state index contributed by atoms with van der Waals surface area (Å²) in [7, 11) is 0. The molecule has 3 rings (SSSR count). The van der Waals surface area contributed by atoms with Gasteiger partial charge in [0.05, 0.1) is 12.6 Å². The van der Waals surface area contributed by atoms with Gasteiger partial charge in [-0.2, -0.15) is 0 Å². The van der Waals surface area contributed by atoms with Gasteiger partial charge >= 0.3 is 5.88 Å². The number of nitro groups is 1. The van der Waals surface area contributed by atoms with E-state index in [0.717, 1.165) is 0 Å². The van der Waals surface area contributed by atoms with Crippen molar-refractivity contribution < 1.29 is 13.8 Å². The predicted molar refractivity (Wildman–Crippen MR) is 58.5 cm³/mol. The summed E-state index contributed by atoms with van der Waals surface area (Å²) in [6.07, 6.45) is 2.34. The molecule has 1 saturated carbocycles. The van der Waals surface area contributed by atoms with Crippen molar-refractivity contribution in [3.63, 3.8) is 0 Å². The Morgan fingerprint density at radius 3 is 2.89 bits per heavy atom. The van der Waals surface area contributed by atoms with E-state index in [1.807, 2.05) is 0 Å². The smallest absolute Gasteiger partial charge is 0.417 e. The molecule has 1 fully saturated rings. The Morgan fingerprint density at radius 1 is 1.39 bits per heavy atom. The molecule has 94 valence electrons. The topological polar surface area (TPSA) is 107 Å². The van der Waals surface area contributed by atoms with Crippen LogP contribution in [0.1, 0.15) is 18.7 Å². The van der Waals surface area contributed by atoms with E-state index < -0.39 is 4.92 Å². The first-order valence-corrected chi connectivity index (χ1v) is 5.53. The summed E-state index contributed by atoms with van der Waals surface area (Å²) in [4.78, 5) is 9.85. The van der Waals surface area contributed by atoms with Gasteiger partial charge in [0.2, 0.25) is 5.89 Å². The maximum absolute atomic E-state index is 10.5. The van der Waals surface area contributed by atoms with Gasteiger partial charge in [-0.05, 0) is 18.9 Å². The fourth-order valence-electron chi connectivity index (χ4n) is 1.48. The van der Waals surface area contributed by atoms with Gasteiger partial charge in [0.1, 0.15) is 4.92 Å². The summed E-state index contributed by atoms with van der Waals surface area (Å²) in [5.41, 5.74) is 0. The van der Waals surface area contributed by atoms with Crippen molar-refractivity contribution in [2.24, 2.45) is 0 Å². The normalized spacial score (nSPS) is 14.9. The molecule has 0 bridgehead atoms. The fraction of sp³-hybridized carbons (Fsp3) is 0.400. The van der Waals surface area contributed by atoms with Crippen LogP contribution in [0, 0.1) is 10.1 Å². The Kier molecular flexibility index (Phi) is 2.56. The van der Waals surface area contributed by atoms with Gasteiger partial charge in [0.15, 0.2) is 5.76 Å². The lowest BCUT2D eigenvalue weighted by Crippen LogP contribution is -2.15. The first-order valence-electron chi connectivity index (χ1n) is 5.53. The van der Waals surface area contributed by atoms with Crippen molar-refractivity contribution in [1.29, 1.82) is 0 Å². The highest BCUT2D eigenvalue weighted by Crippen LogP contribution is 2.25. The first-order chi connectivity index (χ1) is 8.72. The maximum Gasteiger partial charge on any atom is 0.433 e. The van der Waals surface area contributed by atoms with Gasteiger partial charge in [-0.3, -0.25) is 10.1 Å². The summed E-state index contributed by atoms with van der Waals surface area (Å²) in [6, 6.07) is 3.23. The molecule has 18 heavy (non-hydrogen) atoms. The van der Waals surface area contributed by atoms with Crippen molar-refractivity contribution in [2.45, 2.75) is 25.4 Å². The second-order valence-corrected chi connectivity index (χ2v) is 4.05. The van der Waals surface area contributed by atoms with Gasteiger partial charge in [-0.15, -0.1) is 10.2 Å². The SMILES string of the molecule is O=[N+]([O-])c1ccc(-c2nnc(CNC3CC3)o2)o1. The fourth-order valence-corrected chi connectivity index (χ4v) is 1.48. The quantitative estimate of drug-likeness (QED) is 0.632. The van der Waals surface area contributed by atoms with Gasteiger partial charge in [-0.1, -0.05) is 0 Å². The van der Waals surface area contributed by atoms with E-state index in [4.69, 9.17) is 8.83 Å². The zero-order valence-electron chi connectivity index (χ0n) is 9.33. The molecule has 8 heteroatoms. The lowest BCUT2D eigenvalue weighted by Gasteiger charge is -1.95.